The Balaban J connectivity index is 1.47. The fourth-order valence-corrected chi connectivity index (χ4v) is 3.54. The van der Waals surface area contributed by atoms with Gasteiger partial charge < -0.3 is 14.5 Å². The SMILES string of the molecule is COc1ccc(N2CCN(C(=O)CN(CCC(C)C)C3CC3)CC2)cc1. The van der Waals surface area contributed by atoms with Gasteiger partial charge >= 0.3 is 0 Å². The molecule has 2 fully saturated rings. The van der Waals surface area contributed by atoms with Crippen molar-refractivity contribution >= 4 is 11.6 Å². The monoisotopic (exact) mass is 359 g/mol. The van der Waals surface area contributed by atoms with Crippen molar-refractivity contribution < 1.29 is 9.53 Å². The van der Waals surface area contributed by atoms with E-state index in [-0.39, 0.29) is 0 Å². The predicted molar refractivity (Wildman–Crippen MR) is 106 cm³/mol. The zero-order valence-electron chi connectivity index (χ0n) is 16.5. The van der Waals surface area contributed by atoms with Gasteiger partial charge in [0.2, 0.25) is 5.91 Å². The Morgan fingerprint density at radius 2 is 1.81 bits per heavy atom. The van der Waals surface area contributed by atoms with Crippen LogP contribution in [0.4, 0.5) is 5.69 Å². The van der Waals surface area contributed by atoms with E-state index in [9.17, 15) is 4.79 Å². The van der Waals surface area contributed by atoms with E-state index in [4.69, 9.17) is 4.74 Å². The van der Waals surface area contributed by atoms with Crippen molar-refractivity contribution in [1.82, 2.24) is 9.80 Å². The normalized spacial score (nSPS) is 17.9. The minimum Gasteiger partial charge on any atom is -0.497 e. The van der Waals surface area contributed by atoms with Crippen LogP contribution in [0.15, 0.2) is 24.3 Å². The molecule has 1 amide bonds. The van der Waals surface area contributed by atoms with Gasteiger partial charge in [0.05, 0.1) is 13.7 Å². The topological polar surface area (TPSA) is 36.0 Å². The van der Waals surface area contributed by atoms with Crippen LogP contribution in [0, 0.1) is 5.92 Å². The summed E-state index contributed by atoms with van der Waals surface area (Å²) in [7, 11) is 1.69. The van der Waals surface area contributed by atoms with Crippen molar-refractivity contribution in [2.75, 3.05) is 51.3 Å². The van der Waals surface area contributed by atoms with Crippen molar-refractivity contribution in [3.05, 3.63) is 24.3 Å². The number of amides is 1. The van der Waals surface area contributed by atoms with E-state index in [1.165, 1.54) is 24.9 Å². The highest BCUT2D eigenvalue weighted by molar-refractivity contribution is 5.78. The molecule has 1 aliphatic heterocycles. The quantitative estimate of drug-likeness (QED) is 0.715. The number of ether oxygens (including phenoxy) is 1. The second kappa shape index (κ2) is 8.76. The van der Waals surface area contributed by atoms with Gasteiger partial charge in [-0.2, -0.15) is 0 Å². The van der Waals surface area contributed by atoms with Gasteiger partial charge in [-0.3, -0.25) is 9.69 Å². The maximum Gasteiger partial charge on any atom is 0.236 e. The number of piperazine rings is 1. The molecule has 0 atom stereocenters. The third-order valence-corrected chi connectivity index (χ3v) is 5.47. The summed E-state index contributed by atoms with van der Waals surface area (Å²) in [5.74, 6) is 1.87. The van der Waals surface area contributed by atoms with Crippen LogP contribution in [-0.2, 0) is 4.79 Å². The highest BCUT2D eigenvalue weighted by atomic mass is 16.5. The molecule has 1 aliphatic carbocycles. The van der Waals surface area contributed by atoms with Gasteiger partial charge in [-0.15, -0.1) is 0 Å². The Bertz CT molecular complexity index is 575. The number of anilines is 1. The van der Waals surface area contributed by atoms with Crippen LogP contribution in [0.3, 0.4) is 0 Å². The van der Waals surface area contributed by atoms with Crippen LogP contribution >= 0.6 is 0 Å². The van der Waals surface area contributed by atoms with Gasteiger partial charge in [-0.25, -0.2) is 0 Å². The molecule has 3 rings (SSSR count). The Morgan fingerprint density at radius 3 is 2.35 bits per heavy atom. The van der Waals surface area contributed by atoms with Gasteiger partial charge in [0, 0.05) is 37.9 Å². The fourth-order valence-electron chi connectivity index (χ4n) is 3.54. The molecule has 1 saturated heterocycles. The third kappa shape index (κ3) is 5.13. The van der Waals surface area contributed by atoms with Crippen molar-refractivity contribution in [3.63, 3.8) is 0 Å². The number of nitrogens with zero attached hydrogens (tertiary/aromatic N) is 3. The number of carbonyl (C=O) groups is 1. The van der Waals surface area contributed by atoms with Crippen molar-refractivity contribution in [1.29, 1.82) is 0 Å². The number of methoxy groups -OCH3 is 1. The van der Waals surface area contributed by atoms with E-state index in [2.05, 4.69) is 35.8 Å². The first-order valence-electron chi connectivity index (χ1n) is 9.97. The minimum atomic E-state index is 0.301. The number of hydrogen-bond donors (Lipinski definition) is 0. The first-order valence-corrected chi connectivity index (χ1v) is 9.97. The highest BCUT2D eigenvalue weighted by Gasteiger charge is 2.31. The Hall–Kier alpha value is -1.75. The zero-order chi connectivity index (χ0) is 18.5. The number of carbonyl (C=O) groups excluding carboxylic acids is 1. The van der Waals surface area contributed by atoms with E-state index in [0.717, 1.165) is 38.5 Å². The van der Waals surface area contributed by atoms with Crippen LogP contribution < -0.4 is 9.64 Å². The summed E-state index contributed by atoms with van der Waals surface area (Å²) in [5.41, 5.74) is 1.20. The zero-order valence-corrected chi connectivity index (χ0v) is 16.5. The van der Waals surface area contributed by atoms with Gasteiger partial charge in [0.1, 0.15) is 5.75 Å². The molecule has 1 aromatic carbocycles. The lowest BCUT2D eigenvalue weighted by molar-refractivity contribution is -0.132. The van der Waals surface area contributed by atoms with Gasteiger partial charge in [-0.1, -0.05) is 13.8 Å². The molecule has 0 N–H and O–H groups in total. The molecular formula is C21H33N3O2. The van der Waals surface area contributed by atoms with E-state index in [1.54, 1.807) is 7.11 Å². The molecule has 5 nitrogen and oxygen atoms in total. The van der Waals surface area contributed by atoms with Crippen LogP contribution in [0.1, 0.15) is 33.1 Å². The largest absolute Gasteiger partial charge is 0.497 e. The second-order valence-electron chi connectivity index (χ2n) is 7.95. The van der Waals surface area contributed by atoms with Crippen molar-refractivity contribution in [2.24, 2.45) is 5.92 Å². The molecular weight excluding hydrogens is 326 g/mol. The van der Waals surface area contributed by atoms with Gasteiger partial charge in [0.25, 0.3) is 0 Å². The summed E-state index contributed by atoms with van der Waals surface area (Å²) in [6, 6.07) is 8.83. The molecule has 0 aromatic heterocycles. The van der Waals surface area contributed by atoms with E-state index >= 15 is 0 Å². The second-order valence-corrected chi connectivity index (χ2v) is 7.95. The minimum absolute atomic E-state index is 0.301. The summed E-state index contributed by atoms with van der Waals surface area (Å²) in [5, 5.41) is 0. The highest BCUT2D eigenvalue weighted by Crippen LogP contribution is 2.27. The molecule has 5 heteroatoms. The predicted octanol–water partition coefficient (Wildman–Crippen LogP) is 2.85. The Morgan fingerprint density at radius 1 is 1.15 bits per heavy atom. The van der Waals surface area contributed by atoms with E-state index in [0.29, 0.717) is 24.4 Å². The van der Waals surface area contributed by atoms with Crippen molar-refractivity contribution in [2.45, 2.75) is 39.2 Å². The summed E-state index contributed by atoms with van der Waals surface area (Å²) in [6.45, 7) is 9.58. The van der Waals surface area contributed by atoms with Crippen LogP contribution in [0.5, 0.6) is 5.75 Å². The summed E-state index contributed by atoms with van der Waals surface area (Å²) < 4.78 is 5.22. The number of benzene rings is 1. The van der Waals surface area contributed by atoms with Crippen LogP contribution in [0.25, 0.3) is 0 Å². The van der Waals surface area contributed by atoms with Crippen molar-refractivity contribution in [3.8, 4) is 5.75 Å². The lowest BCUT2D eigenvalue weighted by Crippen LogP contribution is -2.51. The molecule has 0 bridgehead atoms. The van der Waals surface area contributed by atoms with Gasteiger partial charge in [-0.05, 0) is 56.0 Å². The van der Waals surface area contributed by atoms with Crippen LogP contribution in [0.2, 0.25) is 0 Å². The Kier molecular flexibility index (Phi) is 6.41. The third-order valence-electron chi connectivity index (χ3n) is 5.47. The summed E-state index contributed by atoms with van der Waals surface area (Å²) in [4.78, 5) is 19.6. The van der Waals surface area contributed by atoms with E-state index in [1.807, 2.05) is 17.0 Å². The van der Waals surface area contributed by atoms with E-state index < -0.39 is 0 Å². The molecule has 26 heavy (non-hydrogen) atoms. The molecule has 0 radical (unpaired) electrons. The molecule has 2 aliphatic rings. The Labute approximate surface area is 157 Å². The molecule has 144 valence electrons. The molecule has 0 unspecified atom stereocenters. The summed E-state index contributed by atoms with van der Waals surface area (Å²) >= 11 is 0. The maximum atomic E-state index is 12.8. The first-order chi connectivity index (χ1) is 12.6. The lowest BCUT2D eigenvalue weighted by atomic mass is 10.1. The smallest absolute Gasteiger partial charge is 0.236 e. The average Bonchev–Trinajstić information content (AvgIpc) is 3.50. The fraction of sp³-hybridized carbons (Fsp3) is 0.667. The lowest BCUT2D eigenvalue weighted by Gasteiger charge is -2.37. The number of hydrogen-bond acceptors (Lipinski definition) is 4. The summed E-state index contributed by atoms with van der Waals surface area (Å²) in [6.07, 6.45) is 3.70. The molecule has 1 aromatic rings. The average molecular weight is 360 g/mol. The molecule has 0 spiro atoms. The molecule has 1 saturated carbocycles. The van der Waals surface area contributed by atoms with Crippen LogP contribution in [-0.4, -0.2) is 68.1 Å². The molecule has 1 heterocycles. The first kappa shape index (κ1) is 19.0. The number of rotatable bonds is 8. The maximum absolute atomic E-state index is 12.8. The van der Waals surface area contributed by atoms with Gasteiger partial charge in [0.15, 0.2) is 0 Å². The standard InChI is InChI=1S/C21H33N3O2/c1-17(2)10-11-24(19-4-5-19)16-21(25)23-14-12-22(13-15-23)18-6-8-20(26-3)9-7-18/h6-9,17,19H,4-5,10-16H2,1-3H3.